The molecule has 0 aliphatic carbocycles. The van der Waals surface area contributed by atoms with Gasteiger partial charge in [-0.15, -0.1) is 0 Å². The van der Waals surface area contributed by atoms with Gasteiger partial charge in [-0.3, -0.25) is 0 Å². The van der Waals surface area contributed by atoms with E-state index in [9.17, 15) is 4.79 Å². The molecule has 13 heavy (non-hydrogen) atoms. The zero-order valence-electron chi connectivity index (χ0n) is 7.16. The van der Waals surface area contributed by atoms with Gasteiger partial charge in [-0.1, -0.05) is 30.3 Å². The van der Waals surface area contributed by atoms with E-state index in [0.29, 0.717) is 0 Å². The highest BCUT2D eigenvalue weighted by Gasteiger charge is 1.99. The van der Waals surface area contributed by atoms with Crippen molar-refractivity contribution in [2.75, 3.05) is 7.11 Å². The van der Waals surface area contributed by atoms with E-state index >= 15 is 0 Å². The summed E-state index contributed by atoms with van der Waals surface area (Å²) < 4.78 is 5.40. The minimum Gasteiger partial charge on any atom is -0.466 e. The highest BCUT2D eigenvalue weighted by atomic mass is 127. The first-order valence-corrected chi connectivity index (χ1v) is 4.82. The summed E-state index contributed by atoms with van der Waals surface area (Å²) in [6.07, 6.45) is 1.47. The molecule has 0 unspecified atom stereocenters. The molecule has 0 amide bonds. The number of benzene rings is 1. The first-order valence-electron chi connectivity index (χ1n) is 3.74. The molecule has 0 saturated carbocycles. The third kappa shape index (κ3) is 3.18. The van der Waals surface area contributed by atoms with Gasteiger partial charge in [-0.05, 0) is 28.2 Å². The largest absolute Gasteiger partial charge is 0.466 e. The van der Waals surface area contributed by atoms with Crippen molar-refractivity contribution in [1.82, 2.24) is 0 Å². The molecule has 0 N–H and O–H groups in total. The monoisotopic (exact) mass is 288 g/mol. The van der Waals surface area contributed by atoms with Crippen LogP contribution in [-0.4, -0.2) is 13.1 Å². The van der Waals surface area contributed by atoms with Crippen molar-refractivity contribution in [3.05, 3.63) is 42.0 Å². The number of esters is 1. The summed E-state index contributed by atoms with van der Waals surface area (Å²) in [7, 11) is 1.37. The molecule has 1 aromatic rings. The molecule has 0 radical (unpaired) electrons. The molecule has 1 aromatic carbocycles. The zero-order valence-corrected chi connectivity index (χ0v) is 9.32. The Morgan fingerprint density at radius 3 is 2.54 bits per heavy atom. The lowest BCUT2D eigenvalue weighted by atomic mass is 10.2. The summed E-state index contributed by atoms with van der Waals surface area (Å²) in [4.78, 5) is 10.9. The zero-order chi connectivity index (χ0) is 9.68. The summed E-state index contributed by atoms with van der Waals surface area (Å²) in [5, 5.41) is 0. The Kier molecular flexibility index (Phi) is 3.95. The van der Waals surface area contributed by atoms with E-state index in [0.717, 1.165) is 9.14 Å². The van der Waals surface area contributed by atoms with Crippen LogP contribution >= 0.6 is 22.6 Å². The highest BCUT2D eigenvalue weighted by Crippen LogP contribution is 2.20. The maximum atomic E-state index is 10.9. The summed E-state index contributed by atoms with van der Waals surface area (Å²) in [5.74, 6) is -0.326. The van der Waals surface area contributed by atoms with Crippen LogP contribution in [0.5, 0.6) is 0 Å². The van der Waals surface area contributed by atoms with Gasteiger partial charge in [0.1, 0.15) is 0 Å². The van der Waals surface area contributed by atoms with Crippen LogP contribution in [0.1, 0.15) is 5.56 Å². The highest BCUT2D eigenvalue weighted by molar-refractivity contribution is 14.1. The summed E-state index contributed by atoms with van der Waals surface area (Å²) in [6.45, 7) is 0. The smallest absolute Gasteiger partial charge is 0.331 e. The summed E-state index contributed by atoms with van der Waals surface area (Å²) in [5.41, 5.74) is 1.02. The van der Waals surface area contributed by atoms with Crippen LogP contribution in [0.25, 0.3) is 3.58 Å². The second-order valence-electron chi connectivity index (χ2n) is 2.38. The number of carbonyl (C=O) groups is 1. The number of halogens is 1. The van der Waals surface area contributed by atoms with Crippen molar-refractivity contribution in [3.63, 3.8) is 0 Å². The number of rotatable bonds is 2. The number of carbonyl (C=O) groups excluding carboxylic acids is 1. The summed E-state index contributed by atoms with van der Waals surface area (Å²) in [6, 6.07) is 9.69. The molecule has 1 rings (SSSR count). The van der Waals surface area contributed by atoms with Gasteiger partial charge in [0, 0.05) is 9.66 Å². The van der Waals surface area contributed by atoms with Gasteiger partial charge in [0.15, 0.2) is 0 Å². The predicted octanol–water partition coefficient (Wildman–Crippen LogP) is 2.64. The molecule has 68 valence electrons. The molecular weight excluding hydrogens is 279 g/mol. The van der Waals surface area contributed by atoms with Crippen LogP contribution in [-0.2, 0) is 9.53 Å². The molecule has 0 heterocycles. The second-order valence-corrected chi connectivity index (χ2v) is 3.54. The fraction of sp³-hybridized carbons (Fsp3) is 0.100. The first-order chi connectivity index (χ1) is 6.24. The first kappa shape index (κ1) is 10.2. The number of ether oxygens (including phenoxy) is 1. The van der Waals surface area contributed by atoms with Gasteiger partial charge in [-0.2, -0.15) is 0 Å². The van der Waals surface area contributed by atoms with Crippen molar-refractivity contribution in [3.8, 4) is 0 Å². The minimum atomic E-state index is -0.326. The Hall–Kier alpha value is -0.840. The van der Waals surface area contributed by atoms with E-state index in [-0.39, 0.29) is 5.97 Å². The van der Waals surface area contributed by atoms with Crippen LogP contribution < -0.4 is 0 Å². The average Bonchev–Trinajstić information content (AvgIpc) is 2.19. The number of hydrogen-bond acceptors (Lipinski definition) is 2. The van der Waals surface area contributed by atoms with E-state index in [2.05, 4.69) is 27.3 Å². The molecule has 0 fully saturated rings. The van der Waals surface area contributed by atoms with Crippen LogP contribution in [0.3, 0.4) is 0 Å². The van der Waals surface area contributed by atoms with Crippen molar-refractivity contribution in [1.29, 1.82) is 0 Å². The van der Waals surface area contributed by atoms with Crippen molar-refractivity contribution < 1.29 is 9.53 Å². The lowest BCUT2D eigenvalue weighted by Crippen LogP contribution is -1.94. The van der Waals surface area contributed by atoms with E-state index in [1.165, 1.54) is 13.2 Å². The quantitative estimate of drug-likeness (QED) is 0.475. The normalized spacial score (nSPS) is 11.1. The van der Waals surface area contributed by atoms with Crippen molar-refractivity contribution >= 4 is 32.1 Å². The maximum Gasteiger partial charge on any atom is 0.331 e. The van der Waals surface area contributed by atoms with Gasteiger partial charge in [0.25, 0.3) is 0 Å². The molecule has 0 spiro atoms. The van der Waals surface area contributed by atoms with Crippen LogP contribution in [0.4, 0.5) is 0 Å². The van der Waals surface area contributed by atoms with Crippen LogP contribution in [0.15, 0.2) is 36.4 Å². The topological polar surface area (TPSA) is 26.3 Å². The van der Waals surface area contributed by atoms with E-state index in [4.69, 9.17) is 0 Å². The lowest BCUT2D eigenvalue weighted by Gasteiger charge is -1.97. The molecule has 0 aliphatic rings. The SMILES string of the molecule is COC(=O)/C=C(\I)c1ccccc1. The molecule has 3 heteroatoms. The third-order valence-corrected chi connectivity index (χ3v) is 2.43. The van der Waals surface area contributed by atoms with E-state index in [1.54, 1.807) is 0 Å². The van der Waals surface area contributed by atoms with Gasteiger partial charge in [-0.25, -0.2) is 4.79 Å². The van der Waals surface area contributed by atoms with Gasteiger partial charge < -0.3 is 4.74 Å². The Labute approximate surface area is 90.7 Å². The number of hydrogen-bond donors (Lipinski definition) is 0. The maximum absolute atomic E-state index is 10.9. The molecule has 0 saturated heterocycles. The van der Waals surface area contributed by atoms with Gasteiger partial charge in [0.05, 0.1) is 7.11 Å². The second kappa shape index (κ2) is 5.01. The number of methoxy groups -OCH3 is 1. The van der Waals surface area contributed by atoms with E-state index in [1.807, 2.05) is 30.3 Å². The summed E-state index contributed by atoms with van der Waals surface area (Å²) >= 11 is 2.11. The van der Waals surface area contributed by atoms with Gasteiger partial charge >= 0.3 is 5.97 Å². The Morgan fingerprint density at radius 1 is 1.38 bits per heavy atom. The van der Waals surface area contributed by atoms with Crippen molar-refractivity contribution in [2.45, 2.75) is 0 Å². The molecule has 0 atom stereocenters. The Morgan fingerprint density at radius 2 is 2.00 bits per heavy atom. The van der Waals surface area contributed by atoms with Gasteiger partial charge in [0.2, 0.25) is 0 Å². The fourth-order valence-electron chi connectivity index (χ4n) is 0.843. The fourth-order valence-corrected chi connectivity index (χ4v) is 1.46. The molecule has 2 nitrogen and oxygen atoms in total. The minimum absolute atomic E-state index is 0.326. The molecular formula is C10H9IO2. The molecule has 0 aromatic heterocycles. The van der Waals surface area contributed by atoms with Crippen molar-refractivity contribution in [2.24, 2.45) is 0 Å². The Balaban J connectivity index is 2.85. The lowest BCUT2D eigenvalue weighted by molar-refractivity contribution is -0.134. The Bertz CT molecular complexity index is 317. The third-order valence-electron chi connectivity index (χ3n) is 1.50. The standard InChI is InChI=1S/C10H9IO2/c1-13-10(12)7-9(11)8-5-3-2-4-6-8/h2-7H,1H3/b9-7-. The van der Waals surface area contributed by atoms with Crippen LogP contribution in [0.2, 0.25) is 0 Å². The predicted molar refractivity (Wildman–Crippen MR) is 60.5 cm³/mol. The average molecular weight is 288 g/mol. The molecule has 0 aliphatic heterocycles. The van der Waals surface area contributed by atoms with Crippen LogP contribution in [0, 0.1) is 0 Å². The van der Waals surface area contributed by atoms with E-state index < -0.39 is 0 Å². The molecule has 0 bridgehead atoms.